The molecular weight excluding hydrogens is 512 g/mol. The molecule has 0 bridgehead atoms. The zero-order chi connectivity index (χ0) is 27.3. The van der Waals surface area contributed by atoms with Crippen LogP contribution in [0.25, 0.3) is 11.3 Å². The molecule has 2 amide bonds. The van der Waals surface area contributed by atoms with E-state index in [0.717, 1.165) is 29.8 Å². The van der Waals surface area contributed by atoms with Gasteiger partial charge in [-0.3, -0.25) is 9.69 Å². The van der Waals surface area contributed by atoms with Gasteiger partial charge in [-0.1, -0.05) is 24.3 Å². The maximum atomic E-state index is 12.5. The van der Waals surface area contributed by atoms with E-state index in [4.69, 9.17) is 19.2 Å². The van der Waals surface area contributed by atoms with E-state index >= 15 is 0 Å². The van der Waals surface area contributed by atoms with Crippen LogP contribution >= 0.6 is 0 Å². The first-order chi connectivity index (χ1) is 19.6. The van der Waals surface area contributed by atoms with Crippen molar-refractivity contribution >= 4 is 23.6 Å². The van der Waals surface area contributed by atoms with Crippen LogP contribution in [0, 0.1) is 0 Å². The maximum absolute atomic E-state index is 12.5. The summed E-state index contributed by atoms with van der Waals surface area (Å²) in [7, 11) is 0. The van der Waals surface area contributed by atoms with E-state index in [1.807, 2.05) is 30.3 Å². The van der Waals surface area contributed by atoms with Crippen LogP contribution in [0.1, 0.15) is 24.8 Å². The molecular formula is C29H32N6O5. The number of pyridine rings is 2. The number of aromatic nitrogens is 2. The molecule has 6 rings (SSSR count). The van der Waals surface area contributed by atoms with E-state index in [9.17, 15) is 9.59 Å². The average molecular weight is 545 g/mol. The number of hydrogen-bond donors (Lipinski definition) is 3. The van der Waals surface area contributed by atoms with Gasteiger partial charge in [0, 0.05) is 24.2 Å². The smallest absolute Gasteiger partial charge is 0.415 e. The van der Waals surface area contributed by atoms with Crippen molar-refractivity contribution in [2.75, 3.05) is 43.1 Å². The standard InChI is InChI=1S/C29H32N6O5/c36-26-18-38-24-9-10-25(33-28(24)34-26)35-16-22(40-29(35)37)11-13-30-15-19-4-1-5-20(14-19)23-7-2-8-27(32-23)39-17-21-6-3-12-31-21/h1-2,4-5,7-10,14,21-22,30-31H,3,6,11-13,15-18H2,(H,33,34,36)/t21-,22+/m1/s1. The zero-order valence-electron chi connectivity index (χ0n) is 22.1. The minimum absolute atomic E-state index is 0.0450. The number of cyclic esters (lactones) is 1. The van der Waals surface area contributed by atoms with Gasteiger partial charge in [-0.05, 0) is 62.2 Å². The Morgan fingerprint density at radius 1 is 1.10 bits per heavy atom. The van der Waals surface area contributed by atoms with Crippen LogP contribution in [-0.2, 0) is 16.1 Å². The Morgan fingerprint density at radius 2 is 2.02 bits per heavy atom. The summed E-state index contributed by atoms with van der Waals surface area (Å²) in [4.78, 5) is 34.6. The first-order valence-corrected chi connectivity index (χ1v) is 13.7. The van der Waals surface area contributed by atoms with Crippen molar-refractivity contribution in [2.45, 2.75) is 38.0 Å². The van der Waals surface area contributed by atoms with Crippen molar-refractivity contribution in [3.8, 4) is 22.9 Å². The summed E-state index contributed by atoms with van der Waals surface area (Å²) in [5, 5.41) is 9.55. The van der Waals surface area contributed by atoms with E-state index in [1.165, 1.54) is 11.3 Å². The molecule has 11 nitrogen and oxygen atoms in total. The molecule has 2 saturated heterocycles. The number of hydrogen-bond acceptors (Lipinski definition) is 9. The zero-order valence-corrected chi connectivity index (χ0v) is 22.1. The molecule has 2 atom stereocenters. The Kier molecular flexibility index (Phi) is 7.73. The number of carbonyl (C=O) groups excluding carboxylic acids is 2. The molecule has 3 N–H and O–H groups in total. The number of nitrogens with one attached hydrogen (secondary N) is 3. The van der Waals surface area contributed by atoms with Crippen LogP contribution in [0.4, 0.5) is 16.4 Å². The Labute approximate surface area is 232 Å². The van der Waals surface area contributed by atoms with Gasteiger partial charge in [-0.25, -0.2) is 14.8 Å². The van der Waals surface area contributed by atoms with Gasteiger partial charge < -0.3 is 30.2 Å². The molecule has 3 aliphatic rings. The van der Waals surface area contributed by atoms with Crippen molar-refractivity contribution in [3.63, 3.8) is 0 Å². The lowest BCUT2D eigenvalue weighted by Gasteiger charge is -2.19. The minimum atomic E-state index is -0.452. The molecule has 208 valence electrons. The van der Waals surface area contributed by atoms with Crippen molar-refractivity contribution in [2.24, 2.45) is 0 Å². The number of rotatable bonds is 10. The minimum Gasteiger partial charge on any atom is -0.480 e. The second-order valence-electron chi connectivity index (χ2n) is 10.1. The van der Waals surface area contributed by atoms with Gasteiger partial charge in [0.05, 0.1) is 12.2 Å². The quantitative estimate of drug-likeness (QED) is 0.330. The lowest BCUT2D eigenvalue weighted by atomic mass is 10.1. The number of anilines is 2. The highest BCUT2D eigenvalue weighted by molar-refractivity contribution is 5.95. The molecule has 0 saturated carbocycles. The van der Waals surface area contributed by atoms with Crippen LogP contribution in [0.5, 0.6) is 11.6 Å². The van der Waals surface area contributed by atoms with Crippen LogP contribution in [0.3, 0.4) is 0 Å². The molecule has 0 spiro atoms. The second-order valence-corrected chi connectivity index (χ2v) is 10.1. The molecule has 2 fully saturated rings. The summed E-state index contributed by atoms with van der Waals surface area (Å²) in [6, 6.07) is 17.9. The lowest BCUT2D eigenvalue weighted by Crippen LogP contribution is -2.29. The van der Waals surface area contributed by atoms with Gasteiger partial charge in [-0.15, -0.1) is 0 Å². The maximum Gasteiger partial charge on any atom is 0.415 e. The summed E-state index contributed by atoms with van der Waals surface area (Å²) in [5.74, 6) is 1.57. The van der Waals surface area contributed by atoms with E-state index < -0.39 is 6.09 Å². The third-order valence-electron chi connectivity index (χ3n) is 7.12. The van der Waals surface area contributed by atoms with E-state index in [0.29, 0.717) is 62.0 Å². The van der Waals surface area contributed by atoms with Crippen LogP contribution in [-0.4, -0.2) is 67.0 Å². The molecule has 2 aromatic heterocycles. The Morgan fingerprint density at radius 3 is 2.92 bits per heavy atom. The molecule has 1 aromatic carbocycles. The predicted octanol–water partition coefficient (Wildman–Crippen LogP) is 3.11. The monoisotopic (exact) mass is 544 g/mol. The molecule has 0 unspecified atom stereocenters. The first-order valence-electron chi connectivity index (χ1n) is 13.7. The number of amides is 2. The average Bonchev–Trinajstić information content (AvgIpc) is 3.64. The fraction of sp³-hybridized carbons (Fsp3) is 0.379. The van der Waals surface area contributed by atoms with Gasteiger partial charge in [0.2, 0.25) is 5.88 Å². The molecule has 3 aliphatic heterocycles. The summed E-state index contributed by atoms with van der Waals surface area (Å²) in [5.41, 5.74) is 3.04. The summed E-state index contributed by atoms with van der Waals surface area (Å²) < 4.78 is 16.8. The molecule has 11 heteroatoms. The summed E-state index contributed by atoms with van der Waals surface area (Å²) in [6.07, 6.45) is 2.27. The van der Waals surface area contributed by atoms with Gasteiger partial charge in [0.15, 0.2) is 18.2 Å². The van der Waals surface area contributed by atoms with E-state index in [-0.39, 0.29) is 18.6 Å². The van der Waals surface area contributed by atoms with Crippen LogP contribution in [0.2, 0.25) is 0 Å². The summed E-state index contributed by atoms with van der Waals surface area (Å²) in [6.45, 7) is 3.37. The summed E-state index contributed by atoms with van der Waals surface area (Å²) >= 11 is 0. The SMILES string of the molecule is O=C1COc2ccc(N3C[C@H](CCNCc4cccc(-c5cccc(OC[C@H]6CCCN6)n5)c4)OC3=O)nc2N1. The van der Waals surface area contributed by atoms with Gasteiger partial charge in [0.1, 0.15) is 18.5 Å². The number of nitrogens with zero attached hydrogens (tertiary/aromatic N) is 3. The van der Waals surface area contributed by atoms with E-state index in [2.05, 4.69) is 33.1 Å². The van der Waals surface area contributed by atoms with Crippen LogP contribution in [0.15, 0.2) is 54.6 Å². The molecule has 3 aromatic rings. The molecule has 40 heavy (non-hydrogen) atoms. The highest BCUT2D eigenvalue weighted by Gasteiger charge is 2.33. The molecule has 0 radical (unpaired) electrons. The largest absolute Gasteiger partial charge is 0.480 e. The first kappa shape index (κ1) is 26.0. The predicted molar refractivity (Wildman–Crippen MR) is 148 cm³/mol. The third kappa shape index (κ3) is 6.16. The Hall–Kier alpha value is -4.22. The highest BCUT2D eigenvalue weighted by Crippen LogP contribution is 2.30. The number of ether oxygens (including phenoxy) is 3. The van der Waals surface area contributed by atoms with Crippen molar-refractivity contribution in [3.05, 3.63) is 60.2 Å². The number of carbonyl (C=O) groups is 2. The van der Waals surface area contributed by atoms with Crippen molar-refractivity contribution in [1.29, 1.82) is 0 Å². The lowest BCUT2D eigenvalue weighted by molar-refractivity contribution is -0.118. The molecule has 0 aliphatic carbocycles. The molecule has 5 heterocycles. The highest BCUT2D eigenvalue weighted by atomic mass is 16.6. The Bertz CT molecular complexity index is 1380. The normalized spacial score (nSPS) is 20.1. The van der Waals surface area contributed by atoms with Gasteiger partial charge >= 0.3 is 6.09 Å². The third-order valence-corrected chi connectivity index (χ3v) is 7.12. The van der Waals surface area contributed by atoms with E-state index in [1.54, 1.807) is 12.1 Å². The van der Waals surface area contributed by atoms with Crippen molar-refractivity contribution in [1.82, 2.24) is 20.6 Å². The number of benzene rings is 1. The second kappa shape index (κ2) is 11.9. The topological polar surface area (TPSA) is 127 Å². The van der Waals surface area contributed by atoms with Crippen LogP contribution < -0.4 is 30.3 Å². The fourth-order valence-electron chi connectivity index (χ4n) is 5.04. The van der Waals surface area contributed by atoms with Gasteiger partial charge in [0.25, 0.3) is 5.91 Å². The van der Waals surface area contributed by atoms with Crippen molar-refractivity contribution < 1.29 is 23.8 Å². The number of fused-ring (bicyclic) bond motifs is 1. The Balaban J connectivity index is 0.986. The van der Waals surface area contributed by atoms with Gasteiger partial charge in [-0.2, -0.15) is 0 Å². The fourth-order valence-corrected chi connectivity index (χ4v) is 5.04.